The number of aromatic amines is 1. The number of hydrogen-bond acceptors (Lipinski definition) is 6. The van der Waals surface area contributed by atoms with Crippen molar-refractivity contribution in [2.75, 3.05) is 17.8 Å². The smallest absolute Gasteiger partial charge is 0.325 e. The van der Waals surface area contributed by atoms with E-state index in [1.54, 1.807) is 16.7 Å². The lowest BCUT2D eigenvalue weighted by atomic mass is 10.00. The standard InChI is InChI=1S/C29H28N4O4S/c1-4-24(34)32-22-16-10-9-14-20(22)25-27(35)30-29(38-5-2)31-33(25)28(32)21-15-11-17-23(36-3)26(21)37-18-19-12-7-6-8-13-19/h6-17,28H,4-5,18H2,1-3H3/p+1/t28-/m1/s1. The molecule has 5 rings (SSSR count). The minimum Gasteiger partial charge on any atom is -0.493 e. The molecule has 38 heavy (non-hydrogen) atoms. The number of thioether (sulfide) groups is 1. The first kappa shape index (κ1) is 25.5. The van der Waals surface area contributed by atoms with Gasteiger partial charge in [0.15, 0.2) is 11.5 Å². The van der Waals surface area contributed by atoms with Gasteiger partial charge in [-0.1, -0.05) is 74.1 Å². The highest BCUT2D eigenvalue weighted by atomic mass is 32.2. The number of nitrogens with one attached hydrogen (secondary N) is 1. The fourth-order valence-electron chi connectivity index (χ4n) is 4.68. The maximum Gasteiger partial charge on any atom is 0.325 e. The molecule has 4 aromatic rings. The molecule has 194 valence electrons. The van der Waals surface area contributed by atoms with Gasteiger partial charge in [0.05, 0.1) is 23.9 Å². The summed E-state index contributed by atoms with van der Waals surface area (Å²) >= 11 is 1.43. The molecule has 0 bridgehead atoms. The maximum absolute atomic E-state index is 13.6. The number of nitrogens with zero attached hydrogens (tertiary/aromatic N) is 3. The SMILES string of the molecule is CCSc1n[n+]2c(c(=O)[nH]1)-c1ccccc1N(C(=O)CC)[C@H]2c1cccc(OC)c1OCc1ccccc1. The van der Waals surface area contributed by atoms with Crippen LogP contribution in [-0.4, -0.2) is 28.9 Å². The van der Waals surface area contributed by atoms with Crippen molar-refractivity contribution in [3.05, 3.63) is 94.3 Å². The average Bonchev–Trinajstić information content (AvgIpc) is 2.95. The van der Waals surface area contributed by atoms with Crippen LogP contribution in [0.1, 0.15) is 37.6 Å². The highest BCUT2D eigenvalue weighted by Gasteiger charge is 2.47. The van der Waals surface area contributed by atoms with Crippen LogP contribution in [0, 0.1) is 0 Å². The number of benzene rings is 3. The Morgan fingerprint density at radius 3 is 2.55 bits per heavy atom. The molecule has 1 amide bonds. The van der Waals surface area contributed by atoms with Crippen molar-refractivity contribution < 1.29 is 19.0 Å². The number of hydrogen-bond donors (Lipinski definition) is 1. The van der Waals surface area contributed by atoms with E-state index in [0.29, 0.717) is 45.8 Å². The number of methoxy groups -OCH3 is 1. The monoisotopic (exact) mass is 529 g/mol. The molecule has 1 atom stereocenters. The summed E-state index contributed by atoms with van der Waals surface area (Å²) in [6.45, 7) is 4.12. The van der Waals surface area contributed by atoms with Gasteiger partial charge in [0.2, 0.25) is 11.1 Å². The Hall–Kier alpha value is -4.11. The molecule has 0 saturated carbocycles. The van der Waals surface area contributed by atoms with Gasteiger partial charge >= 0.3 is 11.3 Å². The highest BCUT2D eigenvalue weighted by molar-refractivity contribution is 7.99. The van der Waals surface area contributed by atoms with E-state index < -0.39 is 6.17 Å². The highest BCUT2D eigenvalue weighted by Crippen LogP contribution is 2.42. The third-order valence-corrected chi connectivity index (χ3v) is 7.09. The van der Waals surface area contributed by atoms with E-state index in [2.05, 4.69) is 4.98 Å². The molecule has 2 heterocycles. The third-order valence-electron chi connectivity index (χ3n) is 6.34. The summed E-state index contributed by atoms with van der Waals surface area (Å²) in [6.07, 6.45) is -0.503. The quantitative estimate of drug-likeness (QED) is 0.262. The van der Waals surface area contributed by atoms with E-state index in [1.165, 1.54) is 11.8 Å². The van der Waals surface area contributed by atoms with Crippen LogP contribution in [-0.2, 0) is 11.4 Å². The number of carbonyl (C=O) groups excluding carboxylic acids is 1. The molecule has 1 aliphatic heterocycles. The van der Waals surface area contributed by atoms with E-state index >= 15 is 0 Å². The number of rotatable bonds is 8. The zero-order valence-corrected chi connectivity index (χ0v) is 22.3. The average molecular weight is 530 g/mol. The van der Waals surface area contributed by atoms with Crippen molar-refractivity contribution in [2.24, 2.45) is 0 Å². The molecule has 1 N–H and O–H groups in total. The normalized spacial score (nSPS) is 14.0. The number of amides is 1. The van der Waals surface area contributed by atoms with Gasteiger partial charge in [-0.05, 0) is 40.3 Å². The van der Waals surface area contributed by atoms with Gasteiger partial charge in [0.1, 0.15) is 6.61 Å². The molecule has 9 heteroatoms. The van der Waals surface area contributed by atoms with E-state index in [1.807, 2.05) is 86.6 Å². The Labute approximate surface area is 225 Å². The first-order valence-electron chi connectivity index (χ1n) is 12.5. The lowest BCUT2D eigenvalue weighted by Gasteiger charge is -2.32. The molecule has 0 saturated heterocycles. The fraction of sp³-hybridized carbons (Fsp3) is 0.241. The van der Waals surface area contributed by atoms with Crippen LogP contribution in [0.25, 0.3) is 11.3 Å². The minimum absolute atomic E-state index is 0.107. The summed E-state index contributed by atoms with van der Waals surface area (Å²) in [5.74, 6) is 1.63. The zero-order chi connectivity index (χ0) is 26.6. The number of anilines is 1. The van der Waals surface area contributed by atoms with Crippen LogP contribution in [0.15, 0.2) is 82.7 Å². The molecule has 1 aromatic heterocycles. The molecule has 3 aromatic carbocycles. The maximum atomic E-state index is 13.6. The lowest BCUT2D eigenvalue weighted by Crippen LogP contribution is -2.61. The number of aromatic nitrogens is 3. The van der Waals surface area contributed by atoms with Crippen molar-refractivity contribution in [2.45, 2.75) is 38.2 Å². The summed E-state index contributed by atoms with van der Waals surface area (Å²) in [4.78, 5) is 31.7. The van der Waals surface area contributed by atoms with Gasteiger partial charge in [-0.3, -0.25) is 14.6 Å². The largest absolute Gasteiger partial charge is 0.493 e. The molecule has 0 fully saturated rings. The number of ether oxygens (including phenoxy) is 2. The van der Waals surface area contributed by atoms with Crippen LogP contribution < -0.4 is 24.6 Å². The Bertz CT molecular complexity index is 1520. The summed E-state index contributed by atoms with van der Waals surface area (Å²) in [6, 6.07) is 22.8. The number of carbonyl (C=O) groups is 1. The molecule has 1 aliphatic rings. The second kappa shape index (κ2) is 11.1. The number of para-hydroxylation sites is 2. The second-order valence-corrected chi connectivity index (χ2v) is 9.90. The van der Waals surface area contributed by atoms with Crippen LogP contribution in [0.4, 0.5) is 5.69 Å². The molecular weight excluding hydrogens is 500 g/mol. The van der Waals surface area contributed by atoms with Gasteiger partial charge in [-0.15, -0.1) is 0 Å². The van der Waals surface area contributed by atoms with Crippen LogP contribution in [0.5, 0.6) is 11.5 Å². The topological polar surface area (TPSA) is 88.4 Å². The Morgan fingerprint density at radius 2 is 1.82 bits per heavy atom. The summed E-state index contributed by atoms with van der Waals surface area (Å²) < 4.78 is 13.7. The number of H-pyrrole nitrogens is 1. The molecule has 0 unspecified atom stereocenters. The van der Waals surface area contributed by atoms with Crippen molar-refractivity contribution in [1.29, 1.82) is 0 Å². The van der Waals surface area contributed by atoms with Crippen molar-refractivity contribution >= 4 is 23.4 Å². The van der Waals surface area contributed by atoms with E-state index in [4.69, 9.17) is 14.6 Å². The van der Waals surface area contributed by atoms with Crippen LogP contribution in [0.3, 0.4) is 0 Å². The van der Waals surface area contributed by atoms with E-state index in [0.717, 1.165) is 11.3 Å². The van der Waals surface area contributed by atoms with Gasteiger partial charge in [0, 0.05) is 11.5 Å². The lowest BCUT2D eigenvalue weighted by molar-refractivity contribution is -0.763. The minimum atomic E-state index is -0.772. The van der Waals surface area contributed by atoms with Crippen LogP contribution in [0.2, 0.25) is 0 Å². The Morgan fingerprint density at radius 1 is 1.05 bits per heavy atom. The Balaban J connectivity index is 1.76. The van der Waals surface area contributed by atoms with Crippen molar-refractivity contribution in [3.63, 3.8) is 0 Å². The second-order valence-electron chi connectivity index (χ2n) is 8.65. The zero-order valence-electron chi connectivity index (χ0n) is 21.5. The first-order chi connectivity index (χ1) is 18.6. The first-order valence-corrected chi connectivity index (χ1v) is 13.5. The molecule has 0 spiro atoms. The predicted molar refractivity (Wildman–Crippen MR) is 147 cm³/mol. The van der Waals surface area contributed by atoms with Crippen molar-refractivity contribution in [1.82, 2.24) is 10.1 Å². The molecular formula is C29H29N4O4S+. The summed E-state index contributed by atoms with van der Waals surface area (Å²) in [5.41, 5.74) is 3.04. The fourth-order valence-corrected chi connectivity index (χ4v) is 5.26. The van der Waals surface area contributed by atoms with Crippen LogP contribution >= 0.6 is 11.8 Å². The number of fused-ring (bicyclic) bond motifs is 3. The van der Waals surface area contributed by atoms with Gasteiger partial charge in [-0.25, -0.2) is 4.90 Å². The molecule has 0 radical (unpaired) electrons. The Kier molecular flexibility index (Phi) is 7.46. The third kappa shape index (κ3) is 4.65. The van der Waals surface area contributed by atoms with Crippen molar-refractivity contribution in [3.8, 4) is 22.8 Å². The van der Waals surface area contributed by atoms with Gasteiger partial charge in [0.25, 0.3) is 6.17 Å². The predicted octanol–water partition coefficient (Wildman–Crippen LogP) is 4.73. The van der Waals surface area contributed by atoms with Gasteiger partial charge in [-0.2, -0.15) is 0 Å². The summed E-state index contributed by atoms with van der Waals surface area (Å²) in [7, 11) is 1.58. The summed E-state index contributed by atoms with van der Waals surface area (Å²) in [5, 5.41) is 5.31. The van der Waals surface area contributed by atoms with E-state index in [9.17, 15) is 9.59 Å². The van der Waals surface area contributed by atoms with E-state index in [-0.39, 0.29) is 17.9 Å². The molecule has 8 nitrogen and oxygen atoms in total. The van der Waals surface area contributed by atoms with Gasteiger partial charge < -0.3 is 9.47 Å². The molecule has 0 aliphatic carbocycles.